The molecule has 0 radical (unpaired) electrons. The fraction of sp³-hybridized carbons (Fsp3) is 0.273. The molecule has 1 aliphatic rings. The monoisotopic (exact) mass is 364 g/mol. The van der Waals surface area contributed by atoms with E-state index in [1.165, 1.54) is 4.90 Å². The summed E-state index contributed by atoms with van der Waals surface area (Å²) in [5, 5.41) is 3.19. The van der Waals surface area contributed by atoms with Crippen molar-refractivity contribution in [1.29, 1.82) is 0 Å². The lowest BCUT2D eigenvalue weighted by atomic mass is 10.0. The van der Waals surface area contributed by atoms with Crippen LogP contribution in [0.3, 0.4) is 0 Å². The van der Waals surface area contributed by atoms with Crippen molar-refractivity contribution in [3.63, 3.8) is 0 Å². The first kappa shape index (κ1) is 18.7. The molecule has 3 rings (SSSR count). The molecule has 1 N–H and O–H groups in total. The number of nitrogens with one attached hydrogen (secondary N) is 1. The van der Waals surface area contributed by atoms with Crippen LogP contribution in [0.15, 0.2) is 54.2 Å². The van der Waals surface area contributed by atoms with E-state index in [1.807, 2.05) is 69.3 Å². The molecule has 27 heavy (non-hydrogen) atoms. The average Bonchev–Trinajstić information content (AvgIpc) is 2.87. The number of carbonyl (C=O) groups is 2. The highest BCUT2D eigenvalue weighted by Gasteiger charge is 2.38. The van der Waals surface area contributed by atoms with E-state index < -0.39 is 0 Å². The smallest absolute Gasteiger partial charge is 0.278 e. The summed E-state index contributed by atoms with van der Waals surface area (Å²) in [4.78, 5) is 26.9. The van der Waals surface area contributed by atoms with Crippen molar-refractivity contribution in [1.82, 2.24) is 4.90 Å². The van der Waals surface area contributed by atoms with Gasteiger partial charge in [-0.2, -0.15) is 0 Å². The molecule has 140 valence electrons. The first-order valence-corrected chi connectivity index (χ1v) is 9.12. The second-order valence-corrected chi connectivity index (χ2v) is 6.74. The zero-order chi connectivity index (χ0) is 19.6. The van der Waals surface area contributed by atoms with Crippen LogP contribution in [0.25, 0.3) is 5.57 Å². The van der Waals surface area contributed by atoms with Gasteiger partial charge in [0, 0.05) is 12.2 Å². The summed E-state index contributed by atoms with van der Waals surface area (Å²) in [5.41, 5.74) is 3.20. The van der Waals surface area contributed by atoms with E-state index in [4.69, 9.17) is 4.74 Å². The number of ether oxygens (including phenoxy) is 1. The molecule has 2 amide bonds. The van der Waals surface area contributed by atoms with Gasteiger partial charge in [0.1, 0.15) is 11.4 Å². The van der Waals surface area contributed by atoms with Crippen LogP contribution in [0.5, 0.6) is 5.75 Å². The number of nitrogens with zero attached hydrogens (tertiary/aromatic N) is 1. The van der Waals surface area contributed by atoms with E-state index in [0.717, 1.165) is 17.0 Å². The van der Waals surface area contributed by atoms with Crippen molar-refractivity contribution in [3.8, 4) is 5.75 Å². The van der Waals surface area contributed by atoms with E-state index >= 15 is 0 Å². The lowest BCUT2D eigenvalue weighted by molar-refractivity contribution is -0.136. The number of anilines is 1. The summed E-state index contributed by atoms with van der Waals surface area (Å²) in [6, 6.07) is 15.0. The summed E-state index contributed by atoms with van der Waals surface area (Å²) in [6.07, 6.45) is 0.0682. The van der Waals surface area contributed by atoms with Gasteiger partial charge in [-0.15, -0.1) is 0 Å². The minimum absolute atomic E-state index is 0.0682. The molecule has 0 aliphatic carbocycles. The van der Waals surface area contributed by atoms with Crippen LogP contribution in [0.2, 0.25) is 0 Å². The Morgan fingerprint density at radius 3 is 2.26 bits per heavy atom. The Bertz CT molecular complexity index is 898. The van der Waals surface area contributed by atoms with Crippen molar-refractivity contribution in [3.05, 3.63) is 65.4 Å². The predicted molar refractivity (Wildman–Crippen MR) is 106 cm³/mol. The highest BCUT2D eigenvalue weighted by Crippen LogP contribution is 2.32. The number of hydrogen-bond donors (Lipinski definition) is 1. The zero-order valence-corrected chi connectivity index (χ0v) is 16.1. The molecule has 5 heteroatoms. The van der Waals surface area contributed by atoms with E-state index in [1.54, 1.807) is 6.92 Å². The average molecular weight is 364 g/mol. The van der Waals surface area contributed by atoms with Gasteiger partial charge in [-0.05, 0) is 57.0 Å². The number of likely N-dealkylation sites (N-methyl/N-ethyl adjacent to an activating group) is 1. The van der Waals surface area contributed by atoms with Crippen LogP contribution < -0.4 is 10.1 Å². The SMILES string of the molecule is CCN1C(=O)C(Nc2ccccc2C)=C(c2ccc(OC(C)C)cc2)C1=O. The fourth-order valence-corrected chi connectivity index (χ4v) is 3.07. The van der Waals surface area contributed by atoms with Crippen LogP contribution in [-0.2, 0) is 9.59 Å². The second kappa shape index (κ2) is 7.66. The minimum atomic E-state index is -0.303. The van der Waals surface area contributed by atoms with Gasteiger partial charge < -0.3 is 10.1 Å². The number of rotatable bonds is 6. The number of amides is 2. The first-order valence-electron chi connectivity index (χ1n) is 9.12. The number of carbonyl (C=O) groups excluding carboxylic acids is 2. The molecule has 2 aromatic rings. The van der Waals surface area contributed by atoms with Crippen molar-refractivity contribution < 1.29 is 14.3 Å². The van der Waals surface area contributed by atoms with E-state index in [9.17, 15) is 9.59 Å². The van der Waals surface area contributed by atoms with Gasteiger partial charge in [-0.25, -0.2) is 0 Å². The molecule has 0 fully saturated rings. The van der Waals surface area contributed by atoms with Gasteiger partial charge in [-0.1, -0.05) is 30.3 Å². The van der Waals surface area contributed by atoms with Crippen molar-refractivity contribution >= 4 is 23.1 Å². The van der Waals surface area contributed by atoms with E-state index in [-0.39, 0.29) is 17.9 Å². The van der Waals surface area contributed by atoms with Crippen molar-refractivity contribution in [2.75, 3.05) is 11.9 Å². The molecule has 0 aromatic heterocycles. The molecule has 1 aliphatic heterocycles. The Morgan fingerprint density at radius 1 is 1.00 bits per heavy atom. The van der Waals surface area contributed by atoms with E-state index in [2.05, 4.69) is 5.32 Å². The van der Waals surface area contributed by atoms with Crippen molar-refractivity contribution in [2.45, 2.75) is 33.8 Å². The number of para-hydroxylation sites is 1. The Morgan fingerprint density at radius 2 is 1.67 bits per heavy atom. The van der Waals surface area contributed by atoms with Gasteiger partial charge in [0.25, 0.3) is 11.8 Å². The second-order valence-electron chi connectivity index (χ2n) is 6.74. The lowest BCUT2D eigenvalue weighted by Gasteiger charge is -2.12. The number of aryl methyl sites for hydroxylation is 1. The molecule has 5 nitrogen and oxygen atoms in total. The highest BCUT2D eigenvalue weighted by atomic mass is 16.5. The summed E-state index contributed by atoms with van der Waals surface area (Å²) in [6.45, 7) is 8.00. The number of imide groups is 1. The van der Waals surface area contributed by atoms with Gasteiger partial charge in [0.05, 0.1) is 11.7 Å². The molecule has 2 aromatic carbocycles. The van der Waals surface area contributed by atoms with Crippen LogP contribution >= 0.6 is 0 Å². The molecule has 1 heterocycles. The maximum atomic E-state index is 12.9. The molecule has 0 atom stereocenters. The van der Waals surface area contributed by atoms with Crippen LogP contribution in [0.4, 0.5) is 5.69 Å². The molecule has 0 unspecified atom stereocenters. The maximum Gasteiger partial charge on any atom is 0.278 e. The Balaban J connectivity index is 2.03. The summed E-state index contributed by atoms with van der Waals surface area (Å²) < 4.78 is 5.67. The topological polar surface area (TPSA) is 58.6 Å². The molecule has 0 saturated heterocycles. The van der Waals surface area contributed by atoms with Crippen LogP contribution in [0.1, 0.15) is 31.9 Å². The summed E-state index contributed by atoms with van der Waals surface area (Å²) in [5.74, 6) is 0.145. The summed E-state index contributed by atoms with van der Waals surface area (Å²) in [7, 11) is 0. The Hall–Kier alpha value is -3.08. The van der Waals surface area contributed by atoms with Gasteiger partial charge >= 0.3 is 0 Å². The standard InChI is InChI=1S/C22H24N2O3/c1-5-24-21(25)19(16-10-12-17(13-11-16)27-14(2)3)20(22(24)26)23-18-9-7-6-8-15(18)4/h6-14,23H,5H2,1-4H3. The Kier molecular flexibility index (Phi) is 5.31. The zero-order valence-electron chi connectivity index (χ0n) is 16.1. The van der Waals surface area contributed by atoms with E-state index in [0.29, 0.717) is 23.4 Å². The number of benzene rings is 2. The maximum absolute atomic E-state index is 12.9. The highest BCUT2D eigenvalue weighted by molar-refractivity contribution is 6.36. The normalized spacial score (nSPS) is 14.3. The third-order valence-electron chi connectivity index (χ3n) is 4.40. The quantitative estimate of drug-likeness (QED) is 0.787. The minimum Gasteiger partial charge on any atom is -0.491 e. The van der Waals surface area contributed by atoms with Gasteiger partial charge in [-0.3, -0.25) is 14.5 Å². The van der Waals surface area contributed by atoms with Crippen LogP contribution in [-0.4, -0.2) is 29.4 Å². The molecular formula is C22H24N2O3. The third-order valence-corrected chi connectivity index (χ3v) is 4.40. The first-order chi connectivity index (χ1) is 12.9. The lowest BCUT2D eigenvalue weighted by Crippen LogP contribution is -2.32. The summed E-state index contributed by atoms with van der Waals surface area (Å²) >= 11 is 0. The van der Waals surface area contributed by atoms with Crippen molar-refractivity contribution in [2.24, 2.45) is 0 Å². The predicted octanol–water partition coefficient (Wildman–Crippen LogP) is 3.99. The molecule has 0 saturated carbocycles. The van der Waals surface area contributed by atoms with Crippen LogP contribution in [0, 0.1) is 6.92 Å². The third kappa shape index (κ3) is 3.72. The Labute approximate surface area is 159 Å². The van der Waals surface area contributed by atoms with Gasteiger partial charge in [0.2, 0.25) is 0 Å². The largest absolute Gasteiger partial charge is 0.491 e. The van der Waals surface area contributed by atoms with Gasteiger partial charge in [0.15, 0.2) is 0 Å². The number of hydrogen-bond acceptors (Lipinski definition) is 4. The fourth-order valence-electron chi connectivity index (χ4n) is 3.07. The molecule has 0 bridgehead atoms. The molecular weight excluding hydrogens is 340 g/mol. The molecule has 0 spiro atoms.